The fourth-order valence-electron chi connectivity index (χ4n) is 1.03. The fraction of sp³-hybridized carbons (Fsp3) is 0.750. The van der Waals surface area contributed by atoms with E-state index in [9.17, 15) is 5.11 Å². The Morgan fingerprint density at radius 1 is 1.70 bits per heavy atom. The largest absolute Gasteiger partial charge is 0.389 e. The molecule has 2 heteroatoms. The van der Waals surface area contributed by atoms with E-state index in [1.165, 1.54) is 4.91 Å². The van der Waals surface area contributed by atoms with Crippen LogP contribution >= 0.6 is 11.8 Å². The first-order chi connectivity index (χ1) is 4.50. The van der Waals surface area contributed by atoms with Gasteiger partial charge in [0, 0.05) is 5.25 Å². The highest BCUT2D eigenvalue weighted by atomic mass is 32.2. The molecule has 0 aromatic carbocycles. The maximum absolute atomic E-state index is 9.58. The minimum atomic E-state index is -0.529. The van der Waals surface area contributed by atoms with Gasteiger partial charge in [-0.25, -0.2) is 0 Å². The molecule has 0 spiro atoms. The zero-order chi connectivity index (χ0) is 7.78. The predicted molar refractivity (Wildman–Crippen MR) is 46.1 cm³/mol. The van der Waals surface area contributed by atoms with Crippen molar-refractivity contribution in [3.8, 4) is 0 Å². The first-order valence-corrected chi connectivity index (χ1v) is 4.44. The van der Waals surface area contributed by atoms with Crippen LogP contribution < -0.4 is 0 Å². The third-order valence-electron chi connectivity index (χ3n) is 1.74. The summed E-state index contributed by atoms with van der Waals surface area (Å²) in [6.07, 6.45) is 3.20. The van der Waals surface area contributed by atoms with Crippen molar-refractivity contribution in [1.29, 1.82) is 0 Å². The molecule has 0 saturated carbocycles. The Morgan fingerprint density at radius 2 is 2.30 bits per heavy atom. The van der Waals surface area contributed by atoms with Crippen molar-refractivity contribution in [3.63, 3.8) is 0 Å². The second-order valence-corrected chi connectivity index (χ2v) is 4.76. The van der Waals surface area contributed by atoms with Gasteiger partial charge in [0.1, 0.15) is 0 Å². The summed E-state index contributed by atoms with van der Waals surface area (Å²) in [6, 6.07) is 0. The summed E-state index contributed by atoms with van der Waals surface area (Å²) >= 11 is 1.78. The van der Waals surface area contributed by atoms with Crippen LogP contribution in [0.15, 0.2) is 11.0 Å². The fourth-order valence-corrected chi connectivity index (χ4v) is 2.15. The maximum atomic E-state index is 9.58. The number of thioether (sulfide) groups is 1. The standard InChI is InChI=1S/C8H14OS/c1-6-4-5-7(10-6)8(2,3)9/h4,7,9H,5H2,1-3H3. The highest BCUT2D eigenvalue weighted by Gasteiger charge is 2.29. The lowest BCUT2D eigenvalue weighted by molar-refractivity contribution is 0.0792. The van der Waals surface area contributed by atoms with Gasteiger partial charge in [-0.1, -0.05) is 6.08 Å². The van der Waals surface area contributed by atoms with Crippen LogP contribution in [0.4, 0.5) is 0 Å². The van der Waals surface area contributed by atoms with Crippen molar-refractivity contribution in [2.45, 2.75) is 38.0 Å². The Kier molecular flexibility index (Phi) is 2.11. The monoisotopic (exact) mass is 158 g/mol. The van der Waals surface area contributed by atoms with Crippen LogP contribution in [0.3, 0.4) is 0 Å². The molecule has 1 unspecified atom stereocenters. The van der Waals surface area contributed by atoms with E-state index in [2.05, 4.69) is 13.0 Å². The summed E-state index contributed by atoms with van der Waals surface area (Å²) in [6.45, 7) is 5.84. The van der Waals surface area contributed by atoms with E-state index < -0.39 is 5.60 Å². The molecule has 1 N–H and O–H groups in total. The molecular formula is C8H14OS. The minimum Gasteiger partial charge on any atom is -0.389 e. The Hall–Kier alpha value is 0.0500. The highest BCUT2D eigenvalue weighted by molar-refractivity contribution is 8.03. The molecule has 1 atom stereocenters. The van der Waals surface area contributed by atoms with Crippen LogP contribution in [0.1, 0.15) is 27.2 Å². The Bertz CT molecular complexity index is 155. The molecule has 0 amide bonds. The van der Waals surface area contributed by atoms with Gasteiger partial charge in [-0.15, -0.1) is 11.8 Å². The molecule has 0 aromatic heterocycles. The van der Waals surface area contributed by atoms with Crippen molar-refractivity contribution >= 4 is 11.8 Å². The van der Waals surface area contributed by atoms with Crippen molar-refractivity contribution in [3.05, 3.63) is 11.0 Å². The molecule has 1 aliphatic heterocycles. The van der Waals surface area contributed by atoms with Crippen LogP contribution in [0, 0.1) is 0 Å². The van der Waals surface area contributed by atoms with Crippen LogP contribution in [-0.2, 0) is 0 Å². The normalized spacial score (nSPS) is 26.8. The first-order valence-electron chi connectivity index (χ1n) is 3.56. The smallest absolute Gasteiger partial charge is 0.0716 e. The Balaban J connectivity index is 2.50. The van der Waals surface area contributed by atoms with Crippen LogP contribution in [0.5, 0.6) is 0 Å². The second kappa shape index (κ2) is 2.59. The van der Waals surface area contributed by atoms with Gasteiger partial charge in [0.2, 0.25) is 0 Å². The molecule has 0 radical (unpaired) electrons. The molecule has 1 nitrogen and oxygen atoms in total. The SMILES string of the molecule is CC1=CCC(C(C)(C)O)S1. The summed E-state index contributed by atoms with van der Waals surface area (Å²) in [5.41, 5.74) is -0.529. The van der Waals surface area contributed by atoms with Gasteiger partial charge in [-0.3, -0.25) is 0 Å². The summed E-state index contributed by atoms with van der Waals surface area (Å²) in [7, 11) is 0. The lowest BCUT2D eigenvalue weighted by Gasteiger charge is -2.24. The Labute approximate surface area is 66.5 Å². The summed E-state index contributed by atoms with van der Waals surface area (Å²) < 4.78 is 0. The average Bonchev–Trinajstić information content (AvgIpc) is 2.11. The minimum absolute atomic E-state index is 0.368. The van der Waals surface area contributed by atoms with Gasteiger partial charge in [0.15, 0.2) is 0 Å². The summed E-state index contributed by atoms with van der Waals surface area (Å²) in [4.78, 5) is 1.34. The van der Waals surface area contributed by atoms with E-state index in [4.69, 9.17) is 0 Å². The van der Waals surface area contributed by atoms with Crippen molar-refractivity contribution < 1.29 is 5.11 Å². The number of aliphatic hydroxyl groups is 1. The summed E-state index contributed by atoms with van der Waals surface area (Å²) in [5, 5.41) is 9.95. The molecule has 1 aliphatic rings. The highest BCUT2D eigenvalue weighted by Crippen LogP contribution is 2.37. The van der Waals surface area contributed by atoms with E-state index in [0.29, 0.717) is 5.25 Å². The molecular weight excluding hydrogens is 144 g/mol. The van der Waals surface area contributed by atoms with Gasteiger partial charge in [-0.05, 0) is 32.1 Å². The van der Waals surface area contributed by atoms with E-state index in [1.54, 1.807) is 11.8 Å². The average molecular weight is 158 g/mol. The molecule has 10 heavy (non-hydrogen) atoms. The molecule has 0 bridgehead atoms. The Morgan fingerprint density at radius 3 is 2.50 bits per heavy atom. The number of hydrogen-bond acceptors (Lipinski definition) is 2. The van der Waals surface area contributed by atoms with E-state index >= 15 is 0 Å². The third-order valence-corrected chi connectivity index (χ3v) is 3.33. The number of rotatable bonds is 1. The van der Waals surface area contributed by atoms with Gasteiger partial charge >= 0.3 is 0 Å². The van der Waals surface area contributed by atoms with Gasteiger partial charge < -0.3 is 5.11 Å². The quantitative estimate of drug-likeness (QED) is 0.631. The second-order valence-electron chi connectivity index (χ2n) is 3.31. The zero-order valence-corrected chi connectivity index (χ0v) is 7.53. The van der Waals surface area contributed by atoms with Crippen LogP contribution in [0.2, 0.25) is 0 Å². The third kappa shape index (κ3) is 1.77. The van der Waals surface area contributed by atoms with Gasteiger partial charge in [0.05, 0.1) is 5.60 Å². The first kappa shape index (κ1) is 8.15. The molecule has 1 rings (SSSR count). The van der Waals surface area contributed by atoms with Crippen molar-refractivity contribution in [2.75, 3.05) is 0 Å². The molecule has 0 aromatic rings. The number of allylic oxidation sites excluding steroid dienone is 2. The molecule has 1 heterocycles. The van der Waals surface area contributed by atoms with Crippen molar-refractivity contribution in [1.82, 2.24) is 0 Å². The lowest BCUT2D eigenvalue weighted by Crippen LogP contribution is -2.31. The van der Waals surface area contributed by atoms with Gasteiger partial charge in [-0.2, -0.15) is 0 Å². The molecule has 0 saturated heterocycles. The lowest BCUT2D eigenvalue weighted by atomic mass is 10.0. The van der Waals surface area contributed by atoms with E-state index in [1.807, 2.05) is 13.8 Å². The molecule has 0 fully saturated rings. The molecule has 0 aliphatic carbocycles. The number of hydrogen-bond donors (Lipinski definition) is 1. The topological polar surface area (TPSA) is 20.2 Å². The van der Waals surface area contributed by atoms with E-state index in [0.717, 1.165) is 6.42 Å². The predicted octanol–water partition coefficient (Wildman–Crippen LogP) is 2.17. The van der Waals surface area contributed by atoms with Crippen LogP contribution in [-0.4, -0.2) is 16.0 Å². The van der Waals surface area contributed by atoms with Crippen LogP contribution in [0.25, 0.3) is 0 Å². The van der Waals surface area contributed by atoms with Crippen molar-refractivity contribution in [2.24, 2.45) is 0 Å². The van der Waals surface area contributed by atoms with Gasteiger partial charge in [0.25, 0.3) is 0 Å². The zero-order valence-electron chi connectivity index (χ0n) is 6.72. The summed E-state index contributed by atoms with van der Waals surface area (Å²) in [5.74, 6) is 0. The van der Waals surface area contributed by atoms with E-state index in [-0.39, 0.29) is 0 Å². The maximum Gasteiger partial charge on any atom is 0.0716 e. The molecule has 58 valence electrons.